The molecule has 0 atom stereocenters. The molecule has 0 bridgehead atoms. The molecular formula is C5H6N5+. The molecule has 2 rings (SSSR count). The summed E-state index contributed by atoms with van der Waals surface area (Å²) in [6.07, 6.45) is 1.51. The molecule has 2 aromatic heterocycles. The van der Waals surface area contributed by atoms with Crippen LogP contribution >= 0.6 is 0 Å². The number of hydrogen-bond donors (Lipinski definition) is 2. The minimum absolute atomic E-state index is 0.0158. The fourth-order valence-electron chi connectivity index (χ4n) is 0.781. The Balaban J connectivity index is 2.91. The van der Waals surface area contributed by atoms with Gasteiger partial charge < -0.3 is 10.7 Å². The molecule has 5 heteroatoms. The Labute approximate surface area is 57.7 Å². The summed E-state index contributed by atoms with van der Waals surface area (Å²) in [6, 6.07) is 0. The van der Waals surface area contributed by atoms with E-state index in [1.807, 2.05) is 0 Å². The minimum atomic E-state index is 0.0158. The van der Waals surface area contributed by atoms with Crippen LogP contribution in [0.4, 0.5) is 5.82 Å². The van der Waals surface area contributed by atoms with E-state index < -0.39 is 0 Å². The van der Waals surface area contributed by atoms with Gasteiger partial charge in [0, 0.05) is 0 Å². The summed E-state index contributed by atoms with van der Waals surface area (Å²) in [6.45, 7) is 0. The van der Waals surface area contributed by atoms with E-state index in [9.17, 15) is 0 Å². The van der Waals surface area contributed by atoms with Gasteiger partial charge in [-0.15, -0.1) is 0 Å². The van der Waals surface area contributed by atoms with Crippen LogP contribution in [0.15, 0.2) is 12.6 Å². The van der Waals surface area contributed by atoms with Gasteiger partial charge in [-0.1, -0.05) is 9.97 Å². The molecule has 0 radical (unpaired) electrons. The van der Waals surface area contributed by atoms with Gasteiger partial charge in [0.2, 0.25) is 12.1 Å². The summed E-state index contributed by atoms with van der Waals surface area (Å²) >= 11 is 0. The first-order valence-corrected chi connectivity index (χ1v) is 2.76. The fourth-order valence-corrected chi connectivity index (χ4v) is 0.781. The third kappa shape index (κ3) is 0.540. The second-order valence-corrected chi connectivity index (χ2v) is 1.86. The van der Waals surface area contributed by atoms with Crippen LogP contribution in [-0.2, 0) is 0 Å². The van der Waals surface area contributed by atoms with Crippen molar-refractivity contribution in [3.8, 4) is 0 Å². The molecule has 0 aliphatic carbocycles. The number of nitrogens with one attached hydrogen (secondary N) is 2. The van der Waals surface area contributed by atoms with Gasteiger partial charge in [-0.2, -0.15) is 0 Å². The Hall–Kier alpha value is -1.65. The van der Waals surface area contributed by atoms with Crippen molar-refractivity contribution in [3.63, 3.8) is 0 Å². The number of imidazole rings is 1. The van der Waals surface area contributed by atoms with E-state index in [1.165, 1.54) is 6.33 Å². The predicted molar refractivity (Wildman–Crippen MR) is 34.9 cm³/mol. The van der Waals surface area contributed by atoms with Crippen molar-refractivity contribution in [1.29, 1.82) is 0 Å². The molecule has 0 aromatic carbocycles. The first-order valence-electron chi connectivity index (χ1n) is 3.26. The number of nitrogens with zero attached hydrogens (tertiary/aromatic N) is 2. The average molecular weight is 138 g/mol. The molecule has 0 saturated heterocycles. The Morgan fingerprint density at radius 1 is 1.70 bits per heavy atom. The van der Waals surface area contributed by atoms with Crippen LogP contribution in [0, 0.1) is 0 Å². The zero-order valence-electron chi connectivity index (χ0n) is 6.05. The molecule has 4 N–H and O–H groups in total. The Morgan fingerprint density at radius 3 is 3.50 bits per heavy atom. The molecule has 0 aliphatic heterocycles. The van der Waals surface area contributed by atoms with Gasteiger partial charge in [-0.3, -0.25) is 0 Å². The Kier molecular flexibility index (Phi) is 0.700. The number of fused-ring (bicyclic) bond motifs is 1. The Morgan fingerprint density at radius 2 is 2.60 bits per heavy atom. The van der Waals surface area contributed by atoms with E-state index in [2.05, 4.69) is 19.9 Å². The highest BCUT2D eigenvalue weighted by molar-refractivity contribution is 5.77. The van der Waals surface area contributed by atoms with Gasteiger partial charge in [0.1, 0.15) is 1.37 Å². The van der Waals surface area contributed by atoms with Crippen LogP contribution in [0.25, 0.3) is 11.2 Å². The summed E-state index contributed by atoms with van der Waals surface area (Å²) in [5, 5.41) is 0. The summed E-state index contributed by atoms with van der Waals surface area (Å²) in [5.74, 6) is 0.293. The first-order chi connectivity index (χ1) is 5.27. The topological polar surface area (TPSA) is 81.7 Å². The number of aromatic amines is 2. The van der Waals surface area contributed by atoms with Gasteiger partial charge in [0.15, 0.2) is 11.8 Å². The van der Waals surface area contributed by atoms with E-state index in [0.717, 1.165) is 0 Å². The van der Waals surface area contributed by atoms with Gasteiger partial charge in [-0.25, -0.2) is 4.98 Å². The van der Waals surface area contributed by atoms with Crippen molar-refractivity contribution >= 4 is 17.0 Å². The first kappa shape index (κ1) is 4.21. The highest BCUT2D eigenvalue weighted by Crippen LogP contribution is 2.06. The SMILES string of the molecule is [3H]c1nc(N)c2[nH]cnc2[nH+]1. The number of H-pyrrole nitrogens is 2. The quantitative estimate of drug-likeness (QED) is 0.507. The van der Waals surface area contributed by atoms with Crippen molar-refractivity contribution in [3.05, 3.63) is 12.6 Å². The molecule has 0 fully saturated rings. The number of anilines is 1. The van der Waals surface area contributed by atoms with Crippen molar-refractivity contribution in [1.82, 2.24) is 15.0 Å². The number of aromatic nitrogens is 4. The molecule has 0 aliphatic rings. The molecule has 10 heavy (non-hydrogen) atoms. The molecule has 2 aromatic rings. The van der Waals surface area contributed by atoms with Gasteiger partial charge >= 0.3 is 0 Å². The molecule has 5 nitrogen and oxygen atoms in total. The molecule has 0 unspecified atom stereocenters. The summed E-state index contributed by atoms with van der Waals surface area (Å²) in [5.41, 5.74) is 6.68. The third-order valence-corrected chi connectivity index (χ3v) is 1.25. The van der Waals surface area contributed by atoms with Gasteiger partial charge in [-0.05, 0) is 0 Å². The van der Waals surface area contributed by atoms with Gasteiger partial charge in [0.05, 0.1) is 0 Å². The maximum Gasteiger partial charge on any atom is 0.290 e. The number of nitrogens with two attached hydrogens (primary N) is 1. The van der Waals surface area contributed by atoms with Crippen molar-refractivity contribution in [2.24, 2.45) is 0 Å². The van der Waals surface area contributed by atoms with E-state index >= 15 is 0 Å². The Bertz CT molecular complexity index is 395. The van der Waals surface area contributed by atoms with Gasteiger partial charge in [0.25, 0.3) is 5.65 Å². The normalized spacial score (nSPS) is 11.8. The van der Waals surface area contributed by atoms with Crippen LogP contribution in [0.2, 0.25) is 0 Å². The lowest BCUT2D eigenvalue weighted by molar-refractivity contribution is -0.352. The van der Waals surface area contributed by atoms with E-state index in [0.29, 0.717) is 17.0 Å². The maximum absolute atomic E-state index is 7.16. The van der Waals surface area contributed by atoms with E-state index in [4.69, 9.17) is 7.10 Å². The molecule has 0 spiro atoms. The molecular weight excluding hydrogens is 130 g/mol. The largest absolute Gasteiger partial charge is 0.368 e. The van der Waals surface area contributed by atoms with Crippen molar-refractivity contribution in [2.45, 2.75) is 0 Å². The standard InChI is InChI=1S/C5H5N5/c6-4-3-5(9-1-7-3)10-2-8-4/h1-2H,(H3,6,7,8,9,10)/p+1/i2T. The lowest BCUT2D eigenvalue weighted by atomic mass is 10.5. The lowest BCUT2D eigenvalue weighted by Gasteiger charge is -1.82. The zero-order valence-corrected chi connectivity index (χ0v) is 5.05. The number of rotatable bonds is 0. The zero-order chi connectivity index (χ0) is 7.84. The average Bonchev–Trinajstić information content (AvgIpc) is 2.34. The highest BCUT2D eigenvalue weighted by Gasteiger charge is 2.06. The smallest absolute Gasteiger partial charge is 0.290 e. The second-order valence-electron chi connectivity index (χ2n) is 1.86. The van der Waals surface area contributed by atoms with E-state index in [1.54, 1.807) is 0 Å². The predicted octanol–water partition coefficient (Wildman–Crippen LogP) is -0.646. The summed E-state index contributed by atoms with van der Waals surface area (Å²) in [4.78, 5) is 13.0. The number of nitrogen functional groups attached to an aromatic ring is 1. The fraction of sp³-hybridized carbons (Fsp3) is 0. The molecule has 0 saturated carbocycles. The monoisotopic (exact) mass is 138 g/mol. The van der Waals surface area contributed by atoms with Crippen LogP contribution < -0.4 is 10.7 Å². The summed E-state index contributed by atoms with van der Waals surface area (Å²) < 4.78 is 7.16. The maximum atomic E-state index is 7.16. The van der Waals surface area contributed by atoms with Crippen LogP contribution in [0.5, 0.6) is 0 Å². The third-order valence-electron chi connectivity index (χ3n) is 1.25. The minimum Gasteiger partial charge on any atom is -0.368 e. The highest BCUT2D eigenvalue weighted by atomic mass is 15.0. The van der Waals surface area contributed by atoms with E-state index in [-0.39, 0.29) is 6.30 Å². The van der Waals surface area contributed by atoms with Crippen LogP contribution in [0.3, 0.4) is 0 Å². The number of hydrogen-bond acceptors (Lipinski definition) is 3. The summed E-state index contributed by atoms with van der Waals surface area (Å²) in [7, 11) is 0. The van der Waals surface area contributed by atoms with Crippen molar-refractivity contribution in [2.75, 3.05) is 5.73 Å². The molecule has 50 valence electrons. The van der Waals surface area contributed by atoms with Crippen LogP contribution in [-0.4, -0.2) is 15.0 Å². The lowest BCUT2D eigenvalue weighted by Crippen LogP contribution is -2.06. The van der Waals surface area contributed by atoms with Crippen molar-refractivity contribution < 1.29 is 6.35 Å². The molecule has 0 amide bonds. The second kappa shape index (κ2) is 1.66. The molecule has 2 heterocycles. The van der Waals surface area contributed by atoms with Crippen LogP contribution in [0.1, 0.15) is 1.37 Å².